The van der Waals surface area contributed by atoms with Crippen LogP contribution in [-0.2, 0) is 9.59 Å². The van der Waals surface area contributed by atoms with Gasteiger partial charge in [-0.2, -0.15) is 0 Å². The van der Waals surface area contributed by atoms with Gasteiger partial charge in [0.25, 0.3) is 5.91 Å². The molecule has 3 fully saturated rings. The molecule has 29 heavy (non-hydrogen) atoms. The highest BCUT2D eigenvalue weighted by molar-refractivity contribution is 5.96. The van der Waals surface area contributed by atoms with Crippen LogP contribution >= 0.6 is 0 Å². The summed E-state index contributed by atoms with van der Waals surface area (Å²) in [5.41, 5.74) is -0.172. The normalized spacial score (nSPS) is 26.6. The molecule has 1 aromatic rings. The largest absolute Gasteiger partial charge is 0.353 e. The van der Waals surface area contributed by atoms with Crippen LogP contribution in [0.15, 0.2) is 23.0 Å². The van der Waals surface area contributed by atoms with Gasteiger partial charge in [0.05, 0.1) is 12.0 Å². The fourth-order valence-corrected chi connectivity index (χ4v) is 4.62. The van der Waals surface area contributed by atoms with Gasteiger partial charge in [0.1, 0.15) is 12.2 Å². The van der Waals surface area contributed by atoms with Gasteiger partial charge in [-0.3, -0.25) is 19.2 Å². The van der Waals surface area contributed by atoms with Crippen molar-refractivity contribution in [2.75, 3.05) is 13.1 Å². The molecular formula is C21H28N4O4. The van der Waals surface area contributed by atoms with Crippen LogP contribution in [0.2, 0.25) is 0 Å². The van der Waals surface area contributed by atoms with Gasteiger partial charge in [-0.25, -0.2) is 0 Å². The Morgan fingerprint density at radius 2 is 2.00 bits per heavy atom. The van der Waals surface area contributed by atoms with Gasteiger partial charge >= 0.3 is 0 Å². The molecule has 0 bridgehead atoms. The minimum atomic E-state index is -0.359. The molecule has 1 saturated carbocycles. The van der Waals surface area contributed by atoms with Gasteiger partial charge in [0.2, 0.25) is 17.4 Å². The molecule has 4 rings (SSSR count). The Morgan fingerprint density at radius 1 is 1.24 bits per heavy atom. The van der Waals surface area contributed by atoms with E-state index in [1.807, 2.05) is 4.90 Å². The van der Waals surface area contributed by atoms with Crippen LogP contribution in [-0.4, -0.2) is 63.7 Å². The molecule has 8 nitrogen and oxygen atoms in total. The molecule has 0 spiro atoms. The van der Waals surface area contributed by atoms with E-state index in [0.29, 0.717) is 18.9 Å². The number of carbonyl (C=O) groups excluding carboxylic acids is 3. The van der Waals surface area contributed by atoms with Crippen LogP contribution in [0.4, 0.5) is 0 Å². The van der Waals surface area contributed by atoms with Gasteiger partial charge in [-0.1, -0.05) is 19.9 Å². The van der Waals surface area contributed by atoms with Crippen molar-refractivity contribution in [3.8, 4) is 0 Å². The summed E-state index contributed by atoms with van der Waals surface area (Å²) in [7, 11) is 0. The van der Waals surface area contributed by atoms with Crippen molar-refractivity contribution in [1.29, 1.82) is 0 Å². The SMILES string of the molecule is CC(C)C[C@H]1[C@@H](C(=O)NC2CC2)C[C@H]2CN(C(=O)c3cccc(=O)[nH]3)CC(=O)N21. The van der Waals surface area contributed by atoms with E-state index in [1.165, 1.54) is 17.0 Å². The van der Waals surface area contributed by atoms with E-state index in [-0.39, 0.29) is 59.6 Å². The van der Waals surface area contributed by atoms with Crippen molar-refractivity contribution in [1.82, 2.24) is 20.1 Å². The van der Waals surface area contributed by atoms with Crippen molar-refractivity contribution in [3.05, 3.63) is 34.2 Å². The molecule has 2 aliphatic heterocycles. The molecule has 2 N–H and O–H groups in total. The van der Waals surface area contributed by atoms with Gasteiger partial charge in [0, 0.05) is 24.7 Å². The lowest BCUT2D eigenvalue weighted by molar-refractivity contribution is -0.140. The van der Waals surface area contributed by atoms with Gasteiger partial charge in [-0.15, -0.1) is 0 Å². The molecular weight excluding hydrogens is 372 g/mol. The second-order valence-corrected chi connectivity index (χ2v) is 8.89. The van der Waals surface area contributed by atoms with Crippen LogP contribution < -0.4 is 10.9 Å². The zero-order chi connectivity index (χ0) is 20.7. The first kappa shape index (κ1) is 19.7. The lowest BCUT2D eigenvalue weighted by Gasteiger charge is -2.40. The molecule has 0 aromatic carbocycles. The maximum atomic E-state index is 13.0. The van der Waals surface area contributed by atoms with E-state index >= 15 is 0 Å². The molecule has 2 saturated heterocycles. The molecule has 8 heteroatoms. The molecule has 3 aliphatic rings. The zero-order valence-corrected chi connectivity index (χ0v) is 16.9. The number of nitrogens with one attached hydrogen (secondary N) is 2. The summed E-state index contributed by atoms with van der Waals surface area (Å²) in [6, 6.07) is 4.40. The number of piperazine rings is 1. The second kappa shape index (κ2) is 7.65. The molecule has 3 heterocycles. The van der Waals surface area contributed by atoms with Gasteiger partial charge in [0.15, 0.2) is 0 Å². The van der Waals surface area contributed by atoms with Crippen molar-refractivity contribution in [2.24, 2.45) is 11.8 Å². The number of nitrogens with zero attached hydrogens (tertiary/aromatic N) is 2. The second-order valence-electron chi connectivity index (χ2n) is 8.89. The summed E-state index contributed by atoms with van der Waals surface area (Å²) in [4.78, 5) is 56.1. The highest BCUT2D eigenvalue weighted by atomic mass is 16.2. The smallest absolute Gasteiger partial charge is 0.270 e. The first-order chi connectivity index (χ1) is 13.8. The van der Waals surface area contributed by atoms with E-state index in [1.54, 1.807) is 6.07 Å². The first-order valence-corrected chi connectivity index (χ1v) is 10.4. The van der Waals surface area contributed by atoms with Crippen molar-refractivity contribution >= 4 is 17.7 Å². The first-order valence-electron chi connectivity index (χ1n) is 10.4. The molecule has 1 aromatic heterocycles. The Kier molecular flexibility index (Phi) is 5.19. The quantitative estimate of drug-likeness (QED) is 0.761. The number of fused-ring (bicyclic) bond motifs is 1. The van der Waals surface area contributed by atoms with Crippen LogP contribution in [0.1, 0.15) is 50.0 Å². The molecule has 156 valence electrons. The maximum absolute atomic E-state index is 13.0. The molecule has 3 amide bonds. The minimum Gasteiger partial charge on any atom is -0.353 e. The topological polar surface area (TPSA) is 103 Å². The van der Waals surface area contributed by atoms with E-state index in [9.17, 15) is 19.2 Å². The number of hydrogen-bond acceptors (Lipinski definition) is 4. The molecule has 1 aliphatic carbocycles. The number of aromatic amines is 1. The van der Waals surface area contributed by atoms with Crippen LogP contribution in [0.3, 0.4) is 0 Å². The van der Waals surface area contributed by atoms with E-state index in [2.05, 4.69) is 24.1 Å². The predicted molar refractivity (Wildman–Crippen MR) is 106 cm³/mol. The highest BCUT2D eigenvalue weighted by Gasteiger charge is 2.50. The number of pyridine rings is 1. The van der Waals surface area contributed by atoms with Gasteiger partial charge in [-0.05, 0) is 37.7 Å². The molecule has 0 unspecified atom stereocenters. The van der Waals surface area contributed by atoms with Crippen molar-refractivity contribution < 1.29 is 14.4 Å². The average Bonchev–Trinajstić information content (AvgIpc) is 3.40. The summed E-state index contributed by atoms with van der Waals surface area (Å²) in [5.74, 6) is -0.330. The molecule has 3 atom stereocenters. The van der Waals surface area contributed by atoms with Crippen LogP contribution in [0, 0.1) is 11.8 Å². The van der Waals surface area contributed by atoms with E-state index < -0.39 is 0 Å². The Hall–Kier alpha value is -2.64. The standard InChI is InChI=1S/C21H28N4O4/c1-12(2)8-17-15(20(28)22-13-6-7-13)9-14-10-24(11-19(27)25(14)17)21(29)16-4-3-5-18(26)23-16/h3-5,12-15,17H,6-11H2,1-2H3,(H,22,28)(H,23,26)/t14-,15-,17-/m0/s1. The van der Waals surface area contributed by atoms with E-state index in [4.69, 9.17) is 0 Å². The fraction of sp³-hybridized carbons (Fsp3) is 0.619. The summed E-state index contributed by atoms with van der Waals surface area (Å²) >= 11 is 0. The highest BCUT2D eigenvalue weighted by Crippen LogP contribution is 2.37. The Balaban J connectivity index is 1.53. The number of hydrogen-bond donors (Lipinski definition) is 2. The number of carbonyl (C=O) groups is 3. The lowest BCUT2D eigenvalue weighted by Crippen LogP contribution is -2.58. The number of amides is 3. The monoisotopic (exact) mass is 400 g/mol. The summed E-state index contributed by atoms with van der Waals surface area (Å²) in [6.07, 6.45) is 3.38. The predicted octanol–water partition coefficient (Wildman–Crippen LogP) is 0.741. The number of rotatable bonds is 5. The third-order valence-corrected chi connectivity index (χ3v) is 6.05. The van der Waals surface area contributed by atoms with Crippen LogP contribution in [0.25, 0.3) is 0 Å². The van der Waals surface area contributed by atoms with E-state index in [0.717, 1.165) is 19.3 Å². The third kappa shape index (κ3) is 4.06. The fourth-order valence-electron chi connectivity index (χ4n) is 4.62. The summed E-state index contributed by atoms with van der Waals surface area (Å²) < 4.78 is 0. The lowest BCUT2D eigenvalue weighted by atomic mass is 9.91. The zero-order valence-electron chi connectivity index (χ0n) is 16.9. The minimum absolute atomic E-state index is 0.0299. The molecule has 0 radical (unpaired) electrons. The Labute approximate surface area is 169 Å². The Bertz CT molecular complexity index is 875. The van der Waals surface area contributed by atoms with Gasteiger partial charge < -0.3 is 20.1 Å². The maximum Gasteiger partial charge on any atom is 0.270 e. The Morgan fingerprint density at radius 3 is 2.66 bits per heavy atom. The number of aromatic nitrogens is 1. The number of H-pyrrole nitrogens is 1. The van der Waals surface area contributed by atoms with Crippen molar-refractivity contribution in [2.45, 2.75) is 57.7 Å². The summed E-state index contributed by atoms with van der Waals surface area (Å²) in [5, 5.41) is 3.09. The van der Waals surface area contributed by atoms with Crippen LogP contribution in [0.5, 0.6) is 0 Å². The van der Waals surface area contributed by atoms with Crippen molar-refractivity contribution in [3.63, 3.8) is 0 Å². The summed E-state index contributed by atoms with van der Waals surface area (Å²) in [6.45, 7) is 4.54. The third-order valence-electron chi connectivity index (χ3n) is 6.05. The average molecular weight is 400 g/mol.